The van der Waals surface area contributed by atoms with E-state index in [9.17, 15) is 9.59 Å². The van der Waals surface area contributed by atoms with E-state index in [1.807, 2.05) is 62.4 Å². The Bertz CT molecular complexity index is 922. The maximum atomic E-state index is 12.0. The molecule has 0 aliphatic heterocycles. The van der Waals surface area contributed by atoms with Gasteiger partial charge in [-0.25, -0.2) is 10.9 Å². The number of hydrogen-bond donors (Lipinski definition) is 2. The highest BCUT2D eigenvalue weighted by atomic mass is 16.5. The van der Waals surface area contributed by atoms with Crippen LogP contribution >= 0.6 is 0 Å². The molecule has 176 valence electrons. The Hall–Kier alpha value is -3.68. The van der Waals surface area contributed by atoms with Gasteiger partial charge in [-0.2, -0.15) is 10.2 Å². The molecule has 2 aromatic carbocycles. The van der Waals surface area contributed by atoms with Gasteiger partial charge in [0.2, 0.25) is 11.8 Å². The average molecular weight is 453 g/mol. The van der Waals surface area contributed by atoms with Crippen molar-refractivity contribution in [3.05, 3.63) is 59.7 Å². The number of methoxy groups -OCH3 is 2. The third kappa shape index (κ3) is 9.14. The minimum Gasteiger partial charge on any atom is -0.497 e. The second-order valence-electron chi connectivity index (χ2n) is 7.49. The van der Waals surface area contributed by atoms with Crippen LogP contribution in [0.15, 0.2) is 58.7 Å². The minimum absolute atomic E-state index is 0.153. The zero-order chi connectivity index (χ0) is 24.1. The molecule has 0 radical (unpaired) electrons. The fourth-order valence-corrected chi connectivity index (χ4v) is 2.98. The summed E-state index contributed by atoms with van der Waals surface area (Å²) < 4.78 is 10.4. The maximum Gasteiger partial charge on any atom is 0.240 e. The number of amides is 2. The highest BCUT2D eigenvalue weighted by Gasteiger charge is 2.05. The van der Waals surface area contributed by atoms with Crippen LogP contribution in [0.25, 0.3) is 0 Å². The van der Waals surface area contributed by atoms with Gasteiger partial charge in [0.15, 0.2) is 0 Å². The number of rotatable bonds is 12. The van der Waals surface area contributed by atoms with Crippen molar-refractivity contribution in [3.63, 3.8) is 0 Å². The molecule has 0 unspecified atom stereocenters. The quantitative estimate of drug-likeness (QED) is 0.288. The van der Waals surface area contributed by atoms with Crippen molar-refractivity contribution in [3.8, 4) is 11.5 Å². The number of carbonyl (C=O) groups excluding carboxylic acids is 2. The molecule has 0 saturated carbocycles. The Kier molecular flexibility index (Phi) is 10.6. The molecule has 0 aromatic heterocycles. The maximum absolute atomic E-state index is 12.0. The molecule has 2 rings (SSSR count). The van der Waals surface area contributed by atoms with E-state index in [0.717, 1.165) is 29.0 Å². The van der Waals surface area contributed by atoms with Gasteiger partial charge in [-0.15, -0.1) is 0 Å². The van der Waals surface area contributed by atoms with E-state index >= 15 is 0 Å². The van der Waals surface area contributed by atoms with Crippen molar-refractivity contribution in [1.29, 1.82) is 0 Å². The SMILES string of the molecule is COc1cccc(C(C)=NNC(=O)CCCCCC(=O)NN=C(C)c2cccc(OC)c2)c1. The third-order valence-corrected chi connectivity index (χ3v) is 4.98. The van der Waals surface area contributed by atoms with Crippen LogP contribution in [-0.4, -0.2) is 37.5 Å². The zero-order valence-electron chi connectivity index (χ0n) is 19.7. The van der Waals surface area contributed by atoms with Gasteiger partial charge >= 0.3 is 0 Å². The summed E-state index contributed by atoms with van der Waals surface area (Å²) in [5.74, 6) is 1.16. The number of carbonyl (C=O) groups is 2. The zero-order valence-corrected chi connectivity index (χ0v) is 19.7. The first kappa shape index (κ1) is 25.6. The Morgan fingerprint density at radius 3 is 1.55 bits per heavy atom. The number of ether oxygens (including phenoxy) is 2. The van der Waals surface area contributed by atoms with Crippen molar-refractivity contribution in [1.82, 2.24) is 10.9 Å². The number of unbranched alkanes of at least 4 members (excludes halogenated alkanes) is 2. The van der Waals surface area contributed by atoms with Gasteiger partial charge in [0.1, 0.15) is 11.5 Å². The predicted octanol–water partition coefficient (Wildman–Crippen LogP) is 4.03. The van der Waals surface area contributed by atoms with Crippen LogP contribution < -0.4 is 20.3 Å². The highest BCUT2D eigenvalue weighted by Crippen LogP contribution is 2.14. The molecule has 8 nitrogen and oxygen atoms in total. The summed E-state index contributed by atoms with van der Waals surface area (Å²) in [5, 5.41) is 8.30. The molecular formula is C25H32N4O4. The molecule has 8 heteroatoms. The highest BCUT2D eigenvalue weighted by molar-refractivity contribution is 6.00. The summed E-state index contributed by atoms with van der Waals surface area (Å²) in [7, 11) is 3.21. The lowest BCUT2D eigenvalue weighted by Gasteiger charge is -2.06. The van der Waals surface area contributed by atoms with Crippen LogP contribution in [0, 0.1) is 0 Å². The number of hydrazone groups is 2. The minimum atomic E-state index is -0.153. The molecule has 2 aromatic rings. The molecule has 0 aliphatic carbocycles. The smallest absolute Gasteiger partial charge is 0.240 e. The molecule has 0 heterocycles. The van der Waals surface area contributed by atoms with E-state index in [1.54, 1.807) is 14.2 Å². The first-order chi connectivity index (χ1) is 15.9. The number of benzene rings is 2. The monoisotopic (exact) mass is 452 g/mol. The summed E-state index contributed by atoms with van der Waals surface area (Å²) in [5.41, 5.74) is 8.31. The van der Waals surface area contributed by atoms with E-state index in [0.29, 0.717) is 37.1 Å². The Labute approximate surface area is 195 Å². The summed E-state index contributed by atoms with van der Waals surface area (Å²) in [6, 6.07) is 15.0. The molecule has 0 bridgehead atoms. The molecule has 0 spiro atoms. The van der Waals surface area contributed by atoms with Crippen molar-refractivity contribution in [2.45, 2.75) is 46.0 Å². The Morgan fingerprint density at radius 1 is 0.727 bits per heavy atom. The fraction of sp³-hybridized carbons (Fsp3) is 0.360. The van der Waals surface area contributed by atoms with Gasteiger partial charge < -0.3 is 9.47 Å². The van der Waals surface area contributed by atoms with Crippen LogP contribution in [0.5, 0.6) is 11.5 Å². The van der Waals surface area contributed by atoms with Gasteiger partial charge in [-0.3, -0.25) is 9.59 Å². The van der Waals surface area contributed by atoms with Gasteiger partial charge in [-0.05, 0) is 51.0 Å². The standard InChI is InChI=1S/C25H32N4O4/c1-18(20-10-8-12-22(16-20)32-3)26-28-24(30)14-6-5-7-15-25(31)29-27-19(2)21-11-9-13-23(17-21)33-4/h8-13,16-17H,5-7,14-15H2,1-4H3,(H,28,30)(H,29,31). The van der Waals surface area contributed by atoms with E-state index in [2.05, 4.69) is 21.1 Å². The van der Waals surface area contributed by atoms with Crippen LogP contribution in [0.1, 0.15) is 57.1 Å². The molecule has 2 N–H and O–H groups in total. The van der Waals surface area contributed by atoms with Crippen molar-refractivity contribution in [2.75, 3.05) is 14.2 Å². The van der Waals surface area contributed by atoms with Crippen molar-refractivity contribution in [2.24, 2.45) is 10.2 Å². The fourth-order valence-electron chi connectivity index (χ4n) is 2.98. The van der Waals surface area contributed by atoms with Crippen LogP contribution in [-0.2, 0) is 9.59 Å². The van der Waals surface area contributed by atoms with E-state index in [4.69, 9.17) is 9.47 Å². The normalized spacial score (nSPS) is 11.6. The number of nitrogens with zero attached hydrogens (tertiary/aromatic N) is 2. The molecule has 33 heavy (non-hydrogen) atoms. The summed E-state index contributed by atoms with van der Waals surface area (Å²) >= 11 is 0. The lowest BCUT2D eigenvalue weighted by Crippen LogP contribution is -2.19. The second kappa shape index (κ2) is 13.7. The lowest BCUT2D eigenvalue weighted by atomic mass is 10.1. The van der Waals surface area contributed by atoms with Gasteiger partial charge in [0.05, 0.1) is 25.6 Å². The van der Waals surface area contributed by atoms with Gasteiger partial charge in [0, 0.05) is 24.0 Å². The topological polar surface area (TPSA) is 101 Å². The van der Waals surface area contributed by atoms with E-state index < -0.39 is 0 Å². The summed E-state index contributed by atoms with van der Waals surface area (Å²) in [6.45, 7) is 3.65. The van der Waals surface area contributed by atoms with E-state index in [-0.39, 0.29) is 11.8 Å². The molecule has 2 amide bonds. The molecule has 0 atom stereocenters. The van der Waals surface area contributed by atoms with Gasteiger partial charge in [-0.1, -0.05) is 30.7 Å². The number of nitrogens with one attached hydrogen (secondary N) is 2. The van der Waals surface area contributed by atoms with Crippen LogP contribution in [0.2, 0.25) is 0 Å². The lowest BCUT2D eigenvalue weighted by molar-refractivity contribution is -0.121. The Morgan fingerprint density at radius 2 is 1.15 bits per heavy atom. The van der Waals surface area contributed by atoms with Gasteiger partial charge in [0.25, 0.3) is 0 Å². The second-order valence-corrected chi connectivity index (χ2v) is 7.49. The van der Waals surface area contributed by atoms with E-state index in [1.165, 1.54) is 0 Å². The number of hydrogen-bond acceptors (Lipinski definition) is 6. The predicted molar refractivity (Wildman–Crippen MR) is 130 cm³/mol. The molecule has 0 saturated heterocycles. The van der Waals surface area contributed by atoms with Crippen molar-refractivity contribution < 1.29 is 19.1 Å². The Balaban J connectivity index is 1.65. The average Bonchev–Trinajstić information content (AvgIpc) is 2.85. The first-order valence-corrected chi connectivity index (χ1v) is 10.9. The molecule has 0 fully saturated rings. The molecular weight excluding hydrogens is 420 g/mol. The van der Waals surface area contributed by atoms with Crippen molar-refractivity contribution >= 4 is 23.2 Å². The molecule has 0 aliphatic rings. The largest absolute Gasteiger partial charge is 0.497 e. The summed E-state index contributed by atoms with van der Waals surface area (Å²) in [6.07, 6.45) is 2.82. The first-order valence-electron chi connectivity index (χ1n) is 10.9. The summed E-state index contributed by atoms with van der Waals surface area (Å²) in [4.78, 5) is 24.0. The van der Waals surface area contributed by atoms with Crippen LogP contribution in [0.4, 0.5) is 0 Å². The third-order valence-electron chi connectivity index (χ3n) is 4.98. The van der Waals surface area contributed by atoms with Crippen LogP contribution in [0.3, 0.4) is 0 Å².